The Labute approximate surface area is 109 Å². The van der Waals surface area contributed by atoms with Gasteiger partial charge >= 0.3 is 0 Å². The third-order valence-corrected chi connectivity index (χ3v) is 2.46. The Morgan fingerprint density at radius 1 is 1.37 bits per heavy atom. The van der Waals surface area contributed by atoms with Crippen LogP contribution in [0.4, 0.5) is 11.5 Å². The molecular weight excluding hydrogens is 248 g/mol. The molecule has 0 spiro atoms. The molecule has 0 aliphatic heterocycles. The zero-order chi connectivity index (χ0) is 13.8. The van der Waals surface area contributed by atoms with Crippen molar-refractivity contribution in [2.75, 3.05) is 5.43 Å². The minimum Gasteiger partial charge on any atom is -0.439 e. The van der Waals surface area contributed by atoms with E-state index in [0.717, 1.165) is 0 Å². The van der Waals surface area contributed by atoms with Crippen molar-refractivity contribution in [2.45, 2.75) is 6.92 Å². The minimum atomic E-state index is -0.450. The van der Waals surface area contributed by atoms with E-state index in [1.165, 1.54) is 18.2 Å². The van der Waals surface area contributed by atoms with Gasteiger partial charge in [0.05, 0.1) is 4.92 Å². The molecular formula is C12H12N4O3. The predicted octanol–water partition coefficient (Wildman–Crippen LogP) is 2.38. The van der Waals surface area contributed by atoms with Crippen molar-refractivity contribution in [3.63, 3.8) is 0 Å². The summed E-state index contributed by atoms with van der Waals surface area (Å²) in [5.41, 5.74) is 3.09. The molecule has 0 bridgehead atoms. The summed E-state index contributed by atoms with van der Waals surface area (Å²) < 4.78 is 5.56. The van der Waals surface area contributed by atoms with Gasteiger partial charge in [0.25, 0.3) is 5.69 Å². The highest BCUT2D eigenvalue weighted by molar-refractivity contribution is 5.45. The van der Waals surface area contributed by atoms with Crippen LogP contribution in [-0.4, -0.2) is 9.91 Å². The number of ether oxygens (including phenoxy) is 1. The molecule has 7 nitrogen and oxygen atoms in total. The van der Waals surface area contributed by atoms with Crippen LogP contribution in [-0.2, 0) is 0 Å². The van der Waals surface area contributed by atoms with E-state index in [0.29, 0.717) is 23.0 Å². The van der Waals surface area contributed by atoms with Crippen LogP contribution < -0.4 is 16.0 Å². The molecule has 0 radical (unpaired) electrons. The highest BCUT2D eigenvalue weighted by atomic mass is 16.6. The lowest BCUT2D eigenvalue weighted by atomic mass is 10.2. The van der Waals surface area contributed by atoms with Crippen LogP contribution in [0.5, 0.6) is 11.6 Å². The van der Waals surface area contributed by atoms with Crippen LogP contribution >= 0.6 is 0 Å². The van der Waals surface area contributed by atoms with Crippen LogP contribution in [0, 0.1) is 17.0 Å². The maximum absolute atomic E-state index is 10.6. The summed E-state index contributed by atoms with van der Waals surface area (Å²) in [7, 11) is 0. The number of nitrogens with zero attached hydrogens (tertiary/aromatic N) is 2. The summed E-state index contributed by atoms with van der Waals surface area (Å²) >= 11 is 0. The van der Waals surface area contributed by atoms with Gasteiger partial charge in [-0.2, -0.15) is 4.98 Å². The van der Waals surface area contributed by atoms with Gasteiger partial charge in [0, 0.05) is 18.2 Å². The van der Waals surface area contributed by atoms with Gasteiger partial charge in [0.2, 0.25) is 5.88 Å². The molecule has 3 N–H and O–H groups in total. The van der Waals surface area contributed by atoms with Gasteiger partial charge < -0.3 is 10.2 Å². The van der Waals surface area contributed by atoms with Gasteiger partial charge in [-0.05, 0) is 24.6 Å². The normalized spacial score (nSPS) is 10.0. The number of nitro benzene ring substituents is 1. The fourth-order valence-corrected chi connectivity index (χ4v) is 1.53. The monoisotopic (exact) mass is 260 g/mol. The van der Waals surface area contributed by atoms with Crippen molar-refractivity contribution < 1.29 is 9.66 Å². The fraction of sp³-hybridized carbons (Fsp3) is 0.0833. The van der Waals surface area contributed by atoms with E-state index in [1.807, 2.05) is 0 Å². The summed E-state index contributed by atoms with van der Waals surface area (Å²) in [5, 5.41) is 10.6. The summed E-state index contributed by atoms with van der Waals surface area (Å²) in [6.07, 6.45) is 0. The largest absolute Gasteiger partial charge is 0.439 e. The Balaban J connectivity index is 2.25. The summed E-state index contributed by atoms with van der Waals surface area (Å²) in [4.78, 5) is 14.3. The molecule has 98 valence electrons. The summed E-state index contributed by atoms with van der Waals surface area (Å²) in [6.45, 7) is 1.73. The Morgan fingerprint density at radius 2 is 2.16 bits per heavy atom. The lowest BCUT2D eigenvalue weighted by molar-refractivity contribution is -0.384. The van der Waals surface area contributed by atoms with E-state index in [9.17, 15) is 10.1 Å². The Hall–Kier alpha value is -2.67. The molecule has 2 rings (SSSR count). The van der Waals surface area contributed by atoms with E-state index < -0.39 is 4.92 Å². The second kappa shape index (κ2) is 5.32. The SMILES string of the molecule is Cc1cc([N+](=O)[O-])ccc1Oc1cccc(NN)n1. The number of nitrogen functional groups attached to an aromatic ring is 1. The van der Waals surface area contributed by atoms with Gasteiger partial charge in [-0.25, -0.2) is 5.84 Å². The van der Waals surface area contributed by atoms with Gasteiger partial charge in [-0.15, -0.1) is 0 Å². The zero-order valence-electron chi connectivity index (χ0n) is 10.2. The Kier molecular flexibility index (Phi) is 3.58. The zero-order valence-corrected chi connectivity index (χ0v) is 10.2. The van der Waals surface area contributed by atoms with Crippen LogP contribution in [0.1, 0.15) is 5.56 Å². The first-order chi connectivity index (χ1) is 9.10. The summed E-state index contributed by atoms with van der Waals surface area (Å²) in [5.74, 6) is 6.58. The molecule has 7 heteroatoms. The molecule has 0 saturated carbocycles. The maximum atomic E-state index is 10.6. The molecule has 0 unspecified atom stereocenters. The molecule has 0 atom stereocenters. The summed E-state index contributed by atoms with van der Waals surface area (Å²) in [6, 6.07) is 9.46. The number of nitro groups is 1. The van der Waals surface area contributed by atoms with E-state index in [1.54, 1.807) is 25.1 Å². The third-order valence-electron chi connectivity index (χ3n) is 2.46. The van der Waals surface area contributed by atoms with Crippen LogP contribution in [0.2, 0.25) is 0 Å². The number of aryl methyl sites for hydroxylation is 1. The third kappa shape index (κ3) is 2.96. The molecule has 1 aromatic heterocycles. The second-order valence-electron chi connectivity index (χ2n) is 3.81. The number of pyridine rings is 1. The van der Waals surface area contributed by atoms with Crippen LogP contribution in [0.25, 0.3) is 0 Å². The molecule has 1 heterocycles. The quantitative estimate of drug-likeness (QED) is 0.497. The molecule has 0 aliphatic rings. The average molecular weight is 260 g/mol. The molecule has 0 fully saturated rings. The number of non-ortho nitro benzene ring substituents is 1. The average Bonchev–Trinajstić information content (AvgIpc) is 2.41. The Morgan fingerprint density at radius 3 is 2.79 bits per heavy atom. The molecule has 0 saturated heterocycles. The van der Waals surface area contributed by atoms with Gasteiger partial charge in [0.1, 0.15) is 11.6 Å². The van der Waals surface area contributed by atoms with Crippen LogP contribution in [0.3, 0.4) is 0 Å². The number of hydrazine groups is 1. The standard InChI is InChI=1S/C12H12N4O3/c1-8-7-9(16(17)18)5-6-10(8)19-12-4-2-3-11(14-12)15-13/h2-7H,13H2,1H3,(H,14,15). The van der Waals surface area contributed by atoms with Crippen molar-refractivity contribution in [1.29, 1.82) is 0 Å². The maximum Gasteiger partial charge on any atom is 0.269 e. The topological polar surface area (TPSA) is 103 Å². The van der Waals surface area contributed by atoms with E-state index in [4.69, 9.17) is 10.6 Å². The number of anilines is 1. The Bertz CT molecular complexity index is 616. The fourth-order valence-electron chi connectivity index (χ4n) is 1.53. The molecule has 2 aromatic rings. The molecule has 19 heavy (non-hydrogen) atoms. The molecule has 0 amide bonds. The smallest absolute Gasteiger partial charge is 0.269 e. The number of aromatic nitrogens is 1. The van der Waals surface area contributed by atoms with Crippen molar-refractivity contribution in [3.05, 3.63) is 52.1 Å². The van der Waals surface area contributed by atoms with Crippen molar-refractivity contribution in [1.82, 2.24) is 4.98 Å². The van der Waals surface area contributed by atoms with Gasteiger partial charge in [-0.1, -0.05) is 6.07 Å². The number of hydrogen-bond donors (Lipinski definition) is 2. The van der Waals surface area contributed by atoms with Crippen molar-refractivity contribution in [2.24, 2.45) is 5.84 Å². The van der Waals surface area contributed by atoms with Crippen molar-refractivity contribution in [3.8, 4) is 11.6 Å². The second-order valence-corrected chi connectivity index (χ2v) is 3.81. The molecule has 0 aliphatic carbocycles. The van der Waals surface area contributed by atoms with Crippen molar-refractivity contribution >= 4 is 11.5 Å². The van der Waals surface area contributed by atoms with E-state index in [2.05, 4.69) is 10.4 Å². The first-order valence-electron chi connectivity index (χ1n) is 5.46. The first-order valence-corrected chi connectivity index (χ1v) is 5.46. The number of hydrogen-bond acceptors (Lipinski definition) is 6. The van der Waals surface area contributed by atoms with Gasteiger partial charge in [0.15, 0.2) is 0 Å². The lowest BCUT2D eigenvalue weighted by Crippen LogP contribution is -2.08. The lowest BCUT2D eigenvalue weighted by Gasteiger charge is -2.08. The number of nitrogens with one attached hydrogen (secondary N) is 1. The van der Waals surface area contributed by atoms with E-state index in [-0.39, 0.29) is 5.69 Å². The van der Waals surface area contributed by atoms with Crippen LogP contribution in [0.15, 0.2) is 36.4 Å². The highest BCUT2D eigenvalue weighted by Gasteiger charge is 2.10. The molecule has 1 aromatic carbocycles. The number of benzene rings is 1. The van der Waals surface area contributed by atoms with Gasteiger partial charge in [-0.3, -0.25) is 10.1 Å². The number of nitrogens with two attached hydrogens (primary N) is 1. The minimum absolute atomic E-state index is 0.0233. The predicted molar refractivity (Wildman–Crippen MR) is 70.0 cm³/mol. The highest BCUT2D eigenvalue weighted by Crippen LogP contribution is 2.27. The first kappa shape index (κ1) is 12.8. The van der Waals surface area contributed by atoms with E-state index >= 15 is 0 Å². The number of rotatable bonds is 4.